The zero-order chi connectivity index (χ0) is 25.6. The van der Waals surface area contributed by atoms with Gasteiger partial charge in [-0.3, -0.25) is 14.8 Å². The van der Waals surface area contributed by atoms with Crippen LogP contribution in [0, 0.1) is 17.2 Å². The van der Waals surface area contributed by atoms with E-state index in [2.05, 4.69) is 16.5 Å². The maximum Gasteiger partial charge on any atom is 0.257 e. The van der Waals surface area contributed by atoms with Gasteiger partial charge in [0, 0.05) is 35.9 Å². The lowest BCUT2D eigenvalue weighted by Gasteiger charge is -2.20. The highest BCUT2D eigenvalue weighted by molar-refractivity contribution is 7.15. The first-order valence-electron chi connectivity index (χ1n) is 12.5. The molecule has 8 heteroatoms. The predicted molar refractivity (Wildman–Crippen MR) is 145 cm³/mol. The average molecular weight is 512 g/mol. The number of aromatic nitrogens is 3. The van der Waals surface area contributed by atoms with Crippen molar-refractivity contribution in [1.82, 2.24) is 14.8 Å². The summed E-state index contributed by atoms with van der Waals surface area (Å²) in [7, 11) is 1.75. The fraction of sp³-hybridized carbons (Fsp3) is 0.310. The SMILES string of the molecule is COCCC[C@H]1CCc2nc(NC(=O)c3cccc(Cn4cc(-c5ccc(C#N)cc5)cn4)c3)sc2C1. The molecule has 2 aromatic heterocycles. The van der Waals surface area contributed by atoms with Gasteiger partial charge in [0.1, 0.15) is 0 Å². The number of methoxy groups -OCH3 is 1. The van der Waals surface area contributed by atoms with Crippen LogP contribution in [0.3, 0.4) is 0 Å². The fourth-order valence-electron chi connectivity index (χ4n) is 4.76. The molecule has 1 N–H and O–H groups in total. The van der Waals surface area contributed by atoms with E-state index >= 15 is 0 Å². The average Bonchev–Trinajstić information content (AvgIpc) is 3.55. The smallest absolute Gasteiger partial charge is 0.257 e. The highest BCUT2D eigenvalue weighted by Gasteiger charge is 2.23. The summed E-state index contributed by atoms with van der Waals surface area (Å²) in [6.07, 6.45) is 9.20. The molecule has 0 saturated carbocycles. The van der Waals surface area contributed by atoms with Crippen LogP contribution in [0.5, 0.6) is 0 Å². The Bertz CT molecular complexity index is 1420. The van der Waals surface area contributed by atoms with Crippen molar-refractivity contribution in [3.63, 3.8) is 0 Å². The van der Waals surface area contributed by atoms with Crippen LogP contribution in [0.15, 0.2) is 60.9 Å². The number of hydrogen-bond acceptors (Lipinski definition) is 6. The second-order valence-corrected chi connectivity index (χ2v) is 10.5. The number of carbonyl (C=O) groups excluding carboxylic acids is 1. The van der Waals surface area contributed by atoms with Crippen LogP contribution in [0.4, 0.5) is 5.13 Å². The van der Waals surface area contributed by atoms with Crippen LogP contribution in [-0.2, 0) is 24.1 Å². The topological polar surface area (TPSA) is 92.8 Å². The summed E-state index contributed by atoms with van der Waals surface area (Å²) < 4.78 is 7.04. The molecule has 0 bridgehead atoms. The molecule has 0 fully saturated rings. The Kier molecular flexibility index (Phi) is 7.73. The van der Waals surface area contributed by atoms with E-state index in [-0.39, 0.29) is 5.91 Å². The zero-order valence-corrected chi connectivity index (χ0v) is 21.6. The number of anilines is 1. The molecule has 188 valence electrons. The van der Waals surface area contributed by atoms with Crippen molar-refractivity contribution in [3.8, 4) is 17.2 Å². The number of hydrogen-bond donors (Lipinski definition) is 1. The quantitative estimate of drug-likeness (QED) is 0.291. The van der Waals surface area contributed by atoms with Crippen molar-refractivity contribution in [2.24, 2.45) is 5.92 Å². The summed E-state index contributed by atoms with van der Waals surface area (Å²) >= 11 is 1.60. The molecule has 7 nitrogen and oxygen atoms in total. The molecule has 1 aliphatic rings. The van der Waals surface area contributed by atoms with E-state index in [4.69, 9.17) is 15.0 Å². The van der Waals surface area contributed by atoms with Crippen LogP contribution in [0.25, 0.3) is 11.1 Å². The van der Waals surface area contributed by atoms with Gasteiger partial charge in [0.15, 0.2) is 5.13 Å². The number of benzene rings is 2. The number of amides is 1. The molecule has 2 heterocycles. The van der Waals surface area contributed by atoms with Gasteiger partial charge in [-0.1, -0.05) is 24.3 Å². The lowest BCUT2D eigenvalue weighted by Crippen LogP contribution is -2.14. The molecule has 0 saturated heterocycles. The molecule has 1 amide bonds. The van der Waals surface area contributed by atoms with E-state index in [1.54, 1.807) is 30.6 Å². The first-order valence-corrected chi connectivity index (χ1v) is 13.3. The lowest BCUT2D eigenvalue weighted by atomic mass is 9.88. The summed E-state index contributed by atoms with van der Waals surface area (Å²) in [4.78, 5) is 19.0. The molecular formula is C29H29N5O2S. The molecule has 1 atom stereocenters. The van der Waals surface area contributed by atoms with Crippen LogP contribution >= 0.6 is 11.3 Å². The fourth-order valence-corrected chi connectivity index (χ4v) is 5.88. The van der Waals surface area contributed by atoms with Crippen LogP contribution in [0.1, 0.15) is 51.3 Å². The molecule has 4 aromatic rings. The van der Waals surface area contributed by atoms with Crippen molar-refractivity contribution < 1.29 is 9.53 Å². The van der Waals surface area contributed by atoms with Gasteiger partial charge in [-0.2, -0.15) is 10.4 Å². The maximum absolute atomic E-state index is 13.0. The number of aryl methyl sites for hydroxylation is 1. The van der Waals surface area contributed by atoms with Crippen molar-refractivity contribution in [1.29, 1.82) is 5.26 Å². The highest BCUT2D eigenvalue weighted by Crippen LogP contribution is 2.34. The lowest BCUT2D eigenvalue weighted by molar-refractivity contribution is 0.102. The summed E-state index contributed by atoms with van der Waals surface area (Å²) in [5.41, 5.74) is 5.33. The van der Waals surface area contributed by atoms with Crippen LogP contribution < -0.4 is 5.32 Å². The molecule has 0 unspecified atom stereocenters. The van der Waals surface area contributed by atoms with Gasteiger partial charge < -0.3 is 4.74 Å². The third kappa shape index (κ3) is 6.13. The molecule has 1 aliphatic carbocycles. The molecule has 0 radical (unpaired) electrons. The maximum atomic E-state index is 13.0. The molecular weight excluding hydrogens is 482 g/mol. The normalized spacial score (nSPS) is 14.6. The van der Waals surface area contributed by atoms with Crippen molar-refractivity contribution >= 4 is 22.4 Å². The number of carbonyl (C=O) groups is 1. The number of nitriles is 1. The largest absolute Gasteiger partial charge is 0.385 e. The van der Waals surface area contributed by atoms with Crippen LogP contribution in [-0.4, -0.2) is 34.4 Å². The van der Waals surface area contributed by atoms with Gasteiger partial charge in [0.2, 0.25) is 0 Å². The van der Waals surface area contributed by atoms with Gasteiger partial charge in [-0.25, -0.2) is 4.98 Å². The minimum absolute atomic E-state index is 0.150. The Balaban J connectivity index is 1.21. The number of nitrogens with one attached hydrogen (secondary N) is 1. The Labute approximate surface area is 220 Å². The third-order valence-corrected chi connectivity index (χ3v) is 7.77. The molecule has 5 rings (SSSR count). The Morgan fingerprint density at radius 2 is 2.11 bits per heavy atom. The van der Waals surface area contributed by atoms with E-state index in [1.807, 2.05) is 53.5 Å². The Morgan fingerprint density at radius 1 is 1.24 bits per heavy atom. The Hall–Kier alpha value is -3.80. The predicted octanol–water partition coefficient (Wildman–Crippen LogP) is 5.71. The summed E-state index contributed by atoms with van der Waals surface area (Å²) in [5.74, 6) is 0.520. The van der Waals surface area contributed by atoms with E-state index < -0.39 is 0 Å². The monoisotopic (exact) mass is 511 g/mol. The van der Waals surface area contributed by atoms with E-state index in [0.29, 0.717) is 28.7 Å². The van der Waals surface area contributed by atoms with E-state index in [9.17, 15) is 4.79 Å². The Morgan fingerprint density at radius 3 is 2.92 bits per heavy atom. The minimum Gasteiger partial charge on any atom is -0.385 e. The van der Waals surface area contributed by atoms with Gasteiger partial charge in [0.25, 0.3) is 5.91 Å². The number of thiazole rings is 1. The first kappa shape index (κ1) is 24.9. The van der Waals surface area contributed by atoms with Gasteiger partial charge in [-0.15, -0.1) is 11.3 Å². The number of ether oxygens (including phenoxy) is 1. The summed E-state index contributed by atoms with van der Waals surface area (Å²) in [6, 6.07) is 17.2. The molecule has 2 aromatic carbocycles. The minimum atomic E-state index is -0.150. The van der Waals surface area contributed by atoms with Gasteiger partial charge in [0.05, 0.1) is 30.1 Å². The van der Waals surface area contributed by atoms with Crippen molar-refractivity contribution in [3.05, 3.63) is 88.2 Å². The van der Waals surface area contributed by atoms with Gasteiger partial charge in [-0.05, 0) is 73.4 Å². The van der Waals surface area contributed by atoms with E-state index in [1.165, 1.54) is 11.3 Å². The molecule has 0 aliphatic heterocycles. The third-order valence-electron chi connectivity index (χ3n) is 6.74. The summed E-state index contributed by atoms with van der Waals surface area (Å²) in [6.45, 7) is 1.36. The number of rotatable bonds is 9. The molecule has 0 spiro atoms. The highest BCUT2D eigenvalue weighted by atomic mass is 32.1. The first-order chi connectivity index (χ1) is 18.1. The number of fused-ring (bicyclic) bond motifs is 1. The van der Waals surface area contributed by atoms with Crippen LogP contribution in [0.2, 0.25) is 0 Å². The van der Waals surface area contributed by atoms with Crippen molar-refractivity contribution in [2.75, 3.05) is 19.0 Å². The second-order valence-electron chi connectivity index (χ2n) is 9.40. The molecule has 37 heavy (non-hydrogen) atoms. The number of nitrogens with zero attached hydrogens (tertiary/aromatic N) is 4. The summed E-state index contributed by atoms with van der Waals surface area (Å²) in [5, 5.41) is 17.2. The standard InChI is InChI=1S/C29H29N5O2S/c1-36-13-3-5-20-9-12-26-27(15-20)37-29(32-26)33-28(35)24-6-2-4-22(14-24)18-34-19-25(17-31-34)23-10-7-21(16-30)8-11-23/h2,4,6-8,10-11,14,17,19-20H,3,5,9,12-13,15,18H2,1H3,(H,32,33,35)/t20-/m0/s1. The zero-order valence-electron chi connectivity index (χ0n) is 20.8. The second kappa shape index (κ2) is 11.5. The van der Waals surface area contributed by atoms with Gasteiger partial charge >= 0.3 is 0 Å². The van der Waals surface area contributed by atoms with Crippen molar-refractivity contribution in [2.45, 2.75) is 38.6 Å². The van der Waals surface area contributed by atoms with E-state index in [0.717, 1.165) is 54.7 Å².